The van der Waals surface area contributed by atoms with E-state index in [0.717, 1.165) is 5.56 Å². The van der Waals surface area contributed by atoms with Crippen LogP contribution in [0, 0.1) is 5.82 Å². The van der Waals surface area contributed by atoms with Gasteiger partial charge in [-0.1, -0.05) is 48.5 Å². The van der Waals surface area contributed by atoms with Gasteiger partial charge in [-0.15, -0.1) is 0 Å². The highest BCUT2D eigenvalue weighted by atomic mass is 19.1. The van der Waals surface area contributed by atoms with E-state index in [9.17, 15) is 9.18 Å². The molecule has 0 unspecified atom stereocenters. The van der Waals surface area contributed by atoms with Crippen LogP contribution in [0.1, 0.15) is 17.2 Å². The molecule has 2 aromatic rings. The fraction of sp³-hybridized carbons (Fsp3) is 0.235. The number of halogens is 1. The third kappa shape index (κ3) is 3.11. The monoisotopic (exact) mass is 284 g/mol. The topological polar surface area (TPSA) is 41.1 Å². The van der Waals surface area contributed by atoms with E-state index in [1.165, 1.54) is 6.07 Å². The van der Waals surface area contributed by atoms with Gasteiger partial charge in [-0.3, -0.25) is 10.1 Å². The van der Waals surface area contributed by atoms with E-state index >= 15 is 0 Å². The Morgan fingerprint density at radius 3 is 2.52 bits per heavy atom. The molecule has 1 fully saturated rings. The lowest BCUT2D eigenvalue weighted by atomic mass is 9.98. The van der Waals surface area contributed by atoms with Crippen LogP contribution in [0.25, 0.3) is 0 Å². The second-order valence-electron chi connectivity index (χ2n) is 5.22. The molecule has 0 bridgehead atoms. The van der Waals surface area contributed by atoms with Gasteiger partial charge in [-0.25, -0.2) is 4.39 Å². The van der Waals surface area contributed by atoms with Gasteiger partial charge in [0.15, 0.2) is 0 Å². The van der Waals surface area contributed by atoms with E-state index in [-0.39, 0.29) is 17.8 Å². The number of hydrogen-bond acceptors (Lipinski definition) is 2. The molecule has 0 aliphatic carbocycles. The van der Waals surface area contributed by atoms with Gasteiger partial charge in [0.25, 0.3) is 0 Å². The summed E-state index contributed by atoms with van der Waals surface area (Å²) in [6, 6.07) is 16.2. The quantitative estimate of drug-likeness (QED) is 0.907. The highest BCUT2D eigenvalue weighted by Crippen LogP contribution is 2.18. The summed E-state index contributed by atoms with van der Waals surface area (Å²) in [5.74, 6) is -0.348. The van der Waals surface area contributed by atoms with Crippen LogP contribution in [-0.2, 0) is 11.2 Å². The second kappa shape index (κ2) is 6.06. The lowest BCUT2D eigenvalue weighted by molar-refractivity contribution is -0.125. The van der Waals surface area contributed by atoms with Gasteiger partial charge in [-0.2, -0.15) is 0 Å². The Kier molecular flexibility index (Phi) is 3.97. The molecule has 3 rings (SSSR count). The number of amides is 1. The Labute approximate surface area is 123 Å². The van der Waals surface area contributed by atoms with E-state index in [1.54, 1.807) is 18.2 Å². The van der Waals surface area contributed by atoms with Gasteiger partial charge in [0, 0.05) is 6.54 Å². The van der Waals surface area contributed by atoms with Gasteiger partial charge in [0.2, 0.25) is 5.91 Å². The first-order valence-electron chi connectivity index (χ1n) is 7.06. The van der Waals surface area contributed by atoms with Gasteiger partial charge < -0.3 is 5.32 Å². The molecule has 3 nitrogen and oxygen atoms in total. The lowest BCUT2D eigenvalue weighted by Gasteiger charge is -2.31. The van der Waals surface area contributed by atoms with Crippen LogP contribution in [0.4, 0.5) is 4.39 Å². The summed E-state index contributed by atoms with van der Waals surface area (Å²) >= 11 is 0. The van der Waals surface area contributed by atoms with Crippen LogP contribution in [0.3, 0.4) is 0 Å². The van der Waals surface area contributed by atoms with Gasteiger partial charge in [0.1, 0.15) is 5.82 Å². The molecular weight excluding hydrogens is 267 g/mol. The van der Waals surface area contributed by atoms with Crippen molar-refractivity contribution in [2.45, 2.75) is 18.5 Å². The smallest absolute Gasteiger partial charge is 0.237 e. The number of piperazine rings is 1. The minimum atomic E-state index is -0.416. The SMILES string of the molecule is O=C1NC[C@H](c2ccccc2)N[C@@H]1Cc1ccccc1F. The maximum Gasteiger partial charge on any atom is 0.237 e. The van der Waals surface area contributed by atoms with Crippen molar-refractivity contribution in [1.82, 2.24) is 10.6 Å². The summed E-state index contributed by atoms with van der Waals surface area (Å²) in [6.45, 7) is 0.552. The molecule has 1 amide bonds. The van der Waals surface area contributed by atoms with E-state index in [0.29, 0.717) is 18.5 Å². The molecular formula is C17H17FN2O. The first kappa shape index (κ1) is 13.8. The number of rotatable bonds is 3. The zero-order valence-corrected chi connectivity index (χ0v) is 11.6. The van der Waals surface area contributed by atoms with Crippen molar-refractivity contribution in [3.63, 3.8) is 0 Å². The van der Waals surface area contributed by atoms with Crippen LogP contribution < -0.4 is 10.6 Å². The lowest BCUT2D eigenvalue weighted by Crippen LogP contribution is -2.55. The third-order valence-electron chi connectivity index (χ3n) is 3.78. The molecule has 108 valence electrons. The Balaban J connectivity index is 1.75. The van der Waals surface area contributed by atoms with Crippen molar-refractivity contribution in [2.24, 2.45) is 0 Å². The first-order valence-corrected chi connectivity index (χ1v) is 7.06. The maximum atomic E-state index is 13.7. The van der Waals surface area contributed by atoms with Crippen molar-refractivity contribution < 1.29 is 9.18 Å². The number of hydrogen-bond donors (Lipinski definition) is 2. The number of carbonyl (C=O) groups excluding carboxylic acids is 1. The molecule has 0 aromatic heterocycles. The molecule has 1 aliphatic rings. The molecule has 0 spiro atoms. The summed E-state index contributed by atoms with van der Waals surface area (Å²) in [7, 11) is 0. The number of benzene rings is 2. The van der Waals surface area contributed by atoms with Gasteiger partial charge >= 0.3 is 0 Å². The summed E-state index contributed by atoms with van der Waals surface area (Å²) in [5, 5.41) is 6.21. The molecule has 21 heavy (non-hydrogen) atoms. The molecule has 1 aliphatic heterocycles. The second-order valence-corrected chi connectivity index (χ2v) is 5.22. The van der Waals surface area contributed by atoms with Crippen molar-refractivity contribution in [3.8, 4) is 0 Å². The highest BCUT2D eigenvalue weighted by Gasteiger charge is 2.28. The fourth-order valence-corrected chi connectivity index (χ4v) is 2.64. The van der Waals surface area contributed by atoms with Crippen LogP contribution >= 0.6 is 0 Å². The molecule has 1 heterocycles. The Bertz CT molecular complexity index is 630. The molecule has 2 N–H and O–H groups in total. The maximum absolute atomic E-state index is 13.7. The standard InChI is InChI=1S/C17H17FN2O/c18-14-9-5-4-8-13(14)10-15-17(21)19-11-16(20-15)12-6-2-1-3-7-12/h1-9,15-16,20H,10-11H2,(H,19,21)/t15-,16-/m1/s1. The van der Waals surface area contributed by atoms with Crippen LogP contribution in [0.2, 0.25) is 0 Å². The van der Waals surface area contributed by atoms with E-state index in [1.807, 2.05) is 30.3 Å². The average molecular weight is 284 g/mol. The zero-order valence-electron chi connectivity index (χ0n) is 11.6. The van der Waals surface area contributed by atoms with Crippen molar-refractivity contribution in [2.75, 3.05) is 6.54 Å². The van der Waals surface area contributed by atoms with Crippen molar-refractivity contribution >= 4 is 5.91 Å². The third-order valence-corrected chi connectivity index (χ3v) is 3.78. The predicted octanol–water partition coefficient (Wildman–Crippen LogP) is 2.20. The Morgan fingerprint density at radius 2 is 1.76 bits per heavy atom. The molecule has 0 saturated carbocycles. The number of carbonyl (C=O) groups is 1. The van der Waals surface area contributed by atoms with Crippen molar-refractivity contribution in [1.29, 1.82) is 0 Å². The van der Waals surface area contributed by atoms with Gasteiger partial charge in [0.05, 0.1) is 12.1 Å². The molecule has 2 atom stereocenters. The molecule has 4 heteroatoms. The molecule has 2 aromatic carbocycles. The normalized spacial score (nSPS) is 21.9. The highest BCUT2D eigenvalue weighted by molar-refractivity contribution is 5.83. The van der Waals surface area contributed by atoms with Gasteiger partial charge in [-0.05, 0) is 23.6 Å². The van der Waals surface area contributed by atoms with Crippen LogP contribution in [-0.4, -0.2) is 18.5 Å². The molecule has 1 saturated heterocycles. The van der Waals surface area contributed by atoms with Crippen molar-refractivity contribution in [3.05, 3.63) is 71.5 Å². The predicted molar refractivity (Wildman–Crippen MR) is 79.2 cm³/mol. The Hall–Kier alpha value is -2.20. The summed E-state index contributed by atoms with van der Waals surface area (Å²) in [6.07, 6.45) is 0.349. The minimum absolute atomic E-state index is 0.0562. The number of nitrogens with one attached hydrogen (secondary N) is 2. The summed E-state index contributed by atoms with van der Waals surface area (Å²) in [5.41, 5.74) is 1.68. The summed E-state index contributed by atoms with van der Waals surface area (Å²) < 4.78 is 13.7. The molecule has 0 radical (unpaired) electrons. The Morgan fingerprint density at radius 1 is 1.05 bits per heavy atom. The van der Waals surface area contributed by atoms with E-state index < -0.39 is 6.04 Å². The van der Waals surface area contributed by atoms with Crippen LogP contribution in [0.15, 0.2) is 54.6 Å². The fourth-order valence-electron chi connectivity index (χ4n) is 2.64. The average Bonchev–Trinajstić information content (AvgIpc) is 2.52. The largest absolute Gasteiger partial charge is 0.353 e. The zero-order chi connectivity index (χ0) is 14.7. The first-order chi connectivity index (χ1) is 10.2. The van der Waals surface area contributed by atoms with E-state index in [4.69, 9.17) is 0 Å². The summed E-state index contributed by atoms with van der Waals surface area (Å²) in [4.78, 5) is 12.0. The van der Waals surface area contributed by atoms with Crippen LogP contribution in [0.5, 0.6) is 0 Å². The minimum Gasteiger partial charge on any atom is -0.353 e. The van der Waals surface area contributed by atoms with E-state index in [2.05, 4.69) is 10.6 Å².